The Morgan fingerprint density at radius 2 is 1.74 bits per heavy atom. The molecule has 11 heteroatoms. The largest absolute Gasteiger partial charge is 0.342 e. The van der Waals surface area contributed by atoms with Crippen LogP contribution in [0.4, 0.5) is 5.69 Å². The van der Waals surface area contributed by atoms with E-state index in [1.54, 1.807) is 47.5 Å². The second-order valence-corrected chi connectivity index (χ2v) is 9.03. The highest BCUT2D eigenvalue weighted by Gasteiger charge is 2.20. The molecule has 0 saturated carbocycles. The minimum absolute atomic E-state index is 0.122. The number of nitrogens with one attached hydrogen (secondary N) is 2. The minimum Gasteiger partial charge on any atom is -0.342 e. The quantitative estimate of drug-likeness (QED) is 0.365. The fourth-order valence-electron chi connectivity index (χ4n) is 3.87. The van der Waals surface area contributed by atoms with E-state index in [4.69, 9.17) is 0 Å². The summed E-state index contributed by atoms with van der Waals surface area (Å²) in [5.74, 6) is 0.363. The van der Waals surface area contributed by atoms with Gasteiger partial charge in [-0.1, -0.05) is 30.0 Å². The van der Waals surface area contributed by atoms with Crippen LogP contribution in [0.1, 0.15) is 36.1 Å². The molecule has 1 unspecified atom stereocenters. The van der Waals surface area contributed by atoms with Gasteiger partial charge in [0.2, 0.25) is 5.91 Å². The van der Waals surface area contributed by atoms with Crippen LogP contribution in [0.15, 0.2) is 58.5 Å². The van der Waals surface area contributed by atoms with Gasteiger partial charge >= 0.3 is 5.69 Å². The molecule has 0 fully saturated rings. The summed E-state index contributed by atoms with van der Waals surface area (Å²) in [7, 11) is 3.41. The molecule has 0 saturated heterocycles. The lowest BCUT2D eigenvalue weighted by Crippen LogP contribution is -2.28. The molecule has 0 bridgehead atoms. The molecule has 2 amide bonds. The SMILES string of the molecule is CCn1c(SCC(=O)Nc2ccc3c(c2)n(C)c(=O)n3C)nnc1C(C)NC(=O)c1ccccc1. The van der Waals surface area contributed by atoms with Crippen molar-refractivity contribution in [2.24, 2.45) is 14.1 Å². The summed E-state index contributed by atoms with van der Waals surface area (Å²) in [6.07, 6.45) is 0. The van der Waals surface area contributed by atoms with E-state index in [2.05, 4.69) is 20.8 Å². The Labute approximate surface area is 206 Å². The van der Waals surface area contributed by atoms with Crippen molar-refractivity contribution in [3.63, 3.8) is 0 Å². The maximum absolute atomic E-state index is 12.6. The number of aryl methyl sites for hydroxylation is 2. The maximum Gasteiger partial charge on any atom is 0.328 e. The van der Waals surface area contributed by atoms with Gasteiger partial charge in [-0.05, 0) is 44.2 Å². The molecule has 2 aromatic carbocycles. The van der Waals surface area contributed by atoms with Crippen LogP contribution in [-0.2, 0) is 25.4 Å². The van der Waals surface area contributed by atoms with Gasteiger partial charge < -0.3 is 15.2 Å². The van der Waals surface area contributed by atoms with E-state index < -0.39 is 0 Å². The first-order valence-corrected chi connectivity index (χ1v) is 12.2. The normalized spacial score (nSPS) is 12.0. The highest BCUT2D eigenvalue weighted by molar-refractivity contribution is 7.99. The number of thioether (sulfide) groups is 1. The summed E-state index contributed by atoms with van der Waals surface area (Å²) in [5, 5.41) is 14.9. The van der Waals surface area contributed by atoms with E-state index in [1.165, 1.54) is 11.8 Å². The number of carbonyl (C=O) groups excluding carboxylic acids is 2. The number of imidazole rings is 1. The van der Waals surface area contributed by atoms with Crippen LogP contribution in [-0.4, -0.2) is 41.5 Å². The van der Waals surface area contributed by atoms with Crippen molar-refractivity contribution in [1.82, 2.24) is 29.2 Å². The fourth-order valence-corrected chi connectivity index (χ4v) is 4.68. The highest BCUT2D eigenvalue weighted by Crippen LogP contribution is 2.22. The van der Waals surface area contributed by atoms with Gasteiger partial charge in [-0.3, -0.25) is 18.7 Å². The number of rotatable bonds is 8. The second-order valence-electron chi connectivity index (χ2n) is 8.09. The Hall–Kier alpha value is -3.86. The van der Waals surface area contributed by atoms with Crippen LogP contribution in [0.2, 0.25) is 0 Å². The number of nitrogens with zero attached hydrogens (tertiary/aromatic N) is 5. The number of hydrogen-bond acceptors (Lipinski definition) is 6. The van der Waals surface area contributed by atoms with Crippen LogP contribution in [0.5, 0.6) is 0 Å². The molecule has 4 aromatic rings. The zero-order chi connectivity index (χ0) is 25.1. The molecule has 35 heavy (non-hydrogen) atoms. The Bertz CT molecular complexity index is 1440. The molecule has 1 atom stereocenters. The average molecular weight is 494 g/mol. The van der Waals surface area contributed by atoms with Crippen LogP contribution in [0.3, 0.4) is 0 Å². The van der Waals surface area contributed by atoms with Crippen LogP contribution in [0.25, 0.3) is 11.0 Å². The smallest absolute Gasteiger partial charge is 0.328 e. The molecule has 0 spiro atoms. The summed E-state index contributed by atoms with van der Waals surface area (Å²) in [5.41, 5.74) is 2.59. The van der Waals surface area contributed by atoms with E-state index >= 15 is 0 Å². The number of carbonyl (C=O) groups is 2. The maximum atomic E-state index is 12.6. The number of anilines is 1. The first-order chi connectivity index (χ1) is 16.8. The molecule has 2 heterocycles. The Balaban J connectivity index is 1.40. The molecular formula is C24H27N7O3S. The zero-order valence-electron chi connectivity index (χ0n) is 20.0. The van der Waals surface area contributed by atoms with E-state index in [0.29, 0.717) is 28.8 Å². The summed E-state index contributed by atoms with van der Waals surface area (Å²) in [6, 6.07) is 14.0. The fraction of sp³-hybridized carbons (Fsp3) is 0.292. The summed E-state index contributed by atoms with van der Waals surface area (Å²) in [4.78, 5) is 37.2. The van der Waals surface area contributed by atoms with Crippen molar-refractivity contribution in [2.75, 3.05) is 11.1 Å². The Morgan fingerprint density at radius 1 is 1.03 bits per heavy atom. The predicted molar refractivity (Wildman–Crippen MR) is 136 cm³/mol. The van der Waals surface area contributed by atoms with E-state index in [1.807, 2.05) is 42.7 Å². The van der Waals surface area contributed by atoms with Crippen LogP contribution in [0, 0.1) is 0 Å². The third-order valence-corrected chi connectivity index (χ3v) is 6.69. The van der Waals surface area contributed by atoms with Crippen molar-refractivity contribution in [3.8, 4) is 0 Å². The van der Waals surface area contributed by atoms with E-state index in [0.717, 1.165) is 11.0 Å². The van der Waals surface area contributed by atoms with Crippen molar-refractivity contribution in [2.45, 2.75) is 31.6 Å². The van der Waals surface area contributed by atoms with Gasteiger partial charge in [0.1, 0.15) is 0 Å². The molecule has 10 nitrogen and oxygen atoms in total. The van der Waals surface area contributed by atoms with Gasteiger partial charge in [-0.25, -0.2) is 4.79 Å². The van der Waals surface area contributed by atoms with Gasteiger partial charge in [-0.2, -0.15) is 0 Å². The molecule has 2 N–H and O–H groups in total. The lowest BCUT2D eigenvalue weighted by molar-refractivity contribution is -0.113. The zero-order valence-corrected chi connectivity index (χ0v) is 20.8. The predicted octanol–water partition coefficient (Wildman–Crippen LogP) is 2.71. The third-order valence-electron chi connectivity index (χ3n) is 5.72. The van der Waals surface area contributed by atoms with Gasteiger partial charge in [-0.15, -0.1) is 10.2 Å². The number of benzene rings is 2. The second kappa shape index (κ2) is 10.2. The molecule has 2 aromatic heterocycles. The van der Waals surface area contributed by atoms with Gasteiger partial charge in [0.15, 0.2) is 11.0 Å². The van der Waals surface area contributed by atoms with Crippen molar-refractivity contribution >= 4 is 40.3 Å². The Kier molecular flexibility index (Phi) is 7.06. The molecule has 4 rings (SSSR count). The minimum atomic E-state index is -0.359. The van der Waals surface area contributed by atoms with Crippen molar-refractivity contribution in [3.05, 3.63) is 70.4 Å². The average Bonchev–Trinajstić information content (AvgIpc) is 3.37. The molecular weight excluding hydrogens is 466 g/mol. The van der Waals surface area contributed by atoms with E-state index in [-0.39, 0.29) is 29.3 Å². The lowest BCUT2D eigenvalue weighted by atomic mass is 10.2. The summed E-state index contributed by atoms with van der Waals surface area (Å²) in [6.45, 7) is 4.41. The van der Waals surface area contributed by atoms with Gasteiger partial charge in [0.05, 0.1) is 22.8 Å². The highest BCUT2D eigenvalue weighted by atomic mass is 32.2. The summed E-state index contributed by atoms with van der Waals surface area (Å²) >= 11 is 1.27. The molecule has 0 aliphatic carbocycles. The topological polar surface area (TPSA) is 116 Å². The monoisotopic (exact) mass is 493 g/mol. The molecule has 0 radical (unpaired) electrons. The first kappa shape index (κ1) is 24.3. The number of aromatic nitrogens is 5. The molecule has 0 aliphatic heterocycles. The molecule has 182 valence electrons. The molecule has 0 aliphatic rings. The first-order valence-electron chi connectivity index (χ1n) is 11.2. The van der Waals surface area contributed by atoms with E-state index in [9.17, 15) is 14.4 Å². The van der Waals surface area contributed by atoms with Crippen molar-refractivity contribution < 1.29 is 9.59 Å². The van der Waals surface area contributed by atoms with Gasteiger partial charge in [0, 0.05) is 31.9 Å². The third kappa shape index (κ3) is 4.99. The van der Waals surface area contributed by atoms with Gasteiger partial charge in [0.25, 0.3) is 5.91 Å². The number of amides is 2. The number of hydrogen-bond donors (Lipinski definition) is 2. The van der Waals surface area contributed by atoms with Crippen LogP contribution < -0.4 is 16.3 Å². The lowest BCUT2D eigenvalue weighted by Gasteiger charge is -2.15. The standard InChI is InChI=1S/C24H27N7O3S/c1-5-31-21(15(2)25-22(33)16-9-7-6-8-10-16)27-28-23(31)35-14-20(32)26-17-11-12-18-19(13-17)30(4)24(34)29(18)3/h6-13,15H,5,14H2,1-4H3,(H,25,33)(H,26,32). The number of fused-ring (bicyclic) bond motifs is 1. The summed E-state index contributed by atoms with van der Waals surface area (Å²) < 4.78 is 5.00. The van der Waals surface area contributed by atoms with Crippen LogP contribution >= 0.6 is 11.8 Å². The van der Waals surface area contributed by atoms with Crippen molar-refractivity contribution in [1.29, 1.82) is 0 Å². The Morgan fingerprint density at radius 3 is 2.46 bits per heavy atom.